The van der Waals surface area contributed by atoms with E-state index in [0.29, 0.717) is 18.9 Å². The molecule has 0 bridgehead atoms. The minimum absolute atomic E-state index is 0.0444. The summed E-state index contributed by atoms with van der Waals surface area (Å²) in [4.78, 5) is 12.2. The zero-order valence-electron chi connectivity index (χ0n) is 16.2. The van der Waals surface area contributed by atoms with E-state index in [1.54, 1.807) is 23.5 Å². The van der Waals surface area contributed by atoms with Crippen molar-refractivity contribution in [2.24, 2.45) is 0 Å². The van der Waals surface area contributed by atoms with Gasteiger partial charge in [-0.05, 0) is 60.0 Å². The molecule has 0 aliphatic heterocycles. The number of thiophene rings is 1. The van der Waals surface area contributed by atoms with Gasteiger partial charge in [0.15, 0.2) is 0 Å². The molecule has 0 spiro atoms. The molecule has 0 unspecified atom stereocenters. The molecule has 0 radical (unpaired) electrons. The van der Waals surface area contributed by atoms with Crippen molar-refractivity contribution in [3.63, 3.8) is 0 Å². The van der Waals surface area contributed by atoms with E-state index in [-0.39, 0.29) is 23.8 Å². The molecule has 2 aromatic carbocycles. The van der Waals surface area contributed by atoms with Crippen LogP contribution in [0.1, 0.15) is 18.9 Å². The highest BCUT2D eigenvalue weighted by molar-refractivity contribution is 7.89. The predicted octanol–water partition coefficient (Wildman–Crippen LogP) is 3.33. The van der Waals surface area contributed by atoms with Gasteiger partial charge in [-0.15, -0.1) is 11.3 Å². The second-order valence-electron chi connectivity index (χ2n) is 6.41. The number of rotatable bonds is 10. The van der Waals surface area contributed by atoms with Crippen molar-refractivity contribution in [3.05, 3.63) is 59.5 Å². The Morgan fingerprint density at radius 1 is 1.07 bits per heavy atom. The summed E-state index contributed by atoms with van der Waals surface area (Å²) in [5, 5.41) is 6.18. The summed E-state index contributed by atoms with van der Waals surface area (Å²) in [5.74, 6) is 0.433. The number of benzene rings is 2. The lowest BCUT2D eigenvalue weighted by molar-refractivity contribution is -0.120. The second-order valence-corrected chi connectivity index (χ2v) is 9.09. The Kier molecular flexibility index (Phi) is 7.24. The number of hydrogen-bond donors (Lipinski definition) is 2. The lowest BCUT2D eigenvalue weighted by Gasteiger charge is -2.09. The highest BCUT2D eigenvalue weighted by Crippen LogP contribution is 2.25. The Morgan fingerprint density at radius 2 is 1.83 bits per heavy atom. The first kappa shape index (κ1) is 21.3. The third-order valence-electron chi connectivity index (χ3n) is 4.37. The molecular formula is C21H24N2O4S2. The monoisotopic (exact) mass is 432 g/mol. The topological polar surface area (TPSA) is 84.5 Å². The minimum atomic E-state index is -3.65. The third kappa shape index (κ3) is 5.79. The summed E-state index contributed by atoms with van der Waals surface area (Å²) >= 11 is 1.69. The van der Waals surface area contributed by atoms with E-state index in [9.17, 15) is 13.2 Å². The van der Waals surface area contributed by atoms with Gasteiger partial charge >= 0.3 is 0 Å². The SMILES string of the molecule is CCOc1ccc(S(=O)(=O)NCCC(=O)NCCc2csc3ccccc23)cc1. The Hall–Kier alpha value is -2.42. The van der Waals surface area contributed by atoms with E-state index < -0.39 is 10.0 Å². The van der Waals surface area contributed by atoms with E-state index >= 15 is 0 Å². The van der Waals surface area contributed by atoms with Crippen LogP contribution in [0.25, 0.3) is 10.1 Å². The van der Waals surface area contributed by atoms with Crippen LogP contribution in [0.2, 0.25) is 0 Å². The molecule has 1 amide bonds. The van der Waals surface area contributed by atoms with Crippen LogP contribution >= 0.6 is 11.3 Å². The van der Waals surface area contributed by atoms with Gasteiger partial charge in [-0.2, -0.15) is 0 Å². The van der Waals surface area contributed by atoms with Crippen molar-refractivity contribution in [2.45, 2.75) is 24.7 Å². The molecule has 0 fully saturated rings. The molecule has 3 aromatic rings. The number of carbonyl (C=O) groups is 1. The fourth-order valence-corrected chi connectivity index (χ4v) is 4.94. The van der Waals surface area contributed by atoms with Crippen molar-refractivity contribution in [1.29, 1.82) is 0 Å². The summed E-state index contributed by atoms with van der Waals surface area (Å²) in [6, 6.07) is 14.4. The van der Waals surface area contributed by atoms with Gasteiger partial charge < -0.3 is 10.1 Å². The molecule has 29 heavy (non-hydrogen) atoms. The van der Waals surface area contributed by atoms with Gasteiger partial charge in [-0.3, -0.25) is 4.79 Å². The first-order chi connectivity index (χ1) is 14.0. The van der Waals surface area contributed by atoms with Gasteiger partial charge in [0.05, 0.1) is 11.5 Å². The minimum Gasteiger partial charge on any atom is -0.494 e. The van der Waals surface area contributed by atoms with Crippen LogP contribution < -0.4 is 14.8 Å². The molecule has 0 saturated carbocycles. The van der Waals surface area contributed by atoms with Crippen LogP contribution in [0.5, 0.6) is 5.75 Å². The smallest absolute Gasteiger partial charge is 0.240 e. The summed E-state index contributed by atoms with van der Waals surface area (Å²) in [7, 11) is -3.65. The molecule has 2 N–H and O–H groups in total. The van der Waals surface area contributed by atoms with E-state index in [0.717, 1.165) is 6.42 Å². The molecule has 1 aromatic heterocycles. The van der Waals surface area contributed by atoms with Crippen LogP contribution in [0.15, 0.2) is 58.8 Å². The van der Waals surface area contributed by atoms with Gasteiger partial charge in [0.1, 0.15) is 5.75 Å². The number of ether oxygens (including phenoxy) is 1. The standard InChI is InChI=1S/C21H24N2O4S2/c1-2-27-17-7-9-18(10-8-17)29(25,26)23-14-12-21(24)22-13-11-16-15-28-20-6-4-3-5-19(16)20/h3-10,15,23H,2,11-14H2,1H3,(H,22,24). The number of nitrogens with one attached hydrogen (secondary N) is 2. The maximum absolute atomic E-state index is 12.3. The maximum atomic E-state index is 12.3. The zero-order chi connectivity index (χ0) is 20.7. The quantitative estimate of drug-likeness (QED) is 0.515. The van der Waals surface area contributed by atoms with Gasteiger partial charge in [0.2, 0.25) is 15.9 Å². The number of amides is 1. The van der Waals surface area contributed by atoms with Crippen molar-refractivity contribution in [1.82, 2.24) is 10.0 Å². The van der Waals surface area contributed by atoms with Crippen LogP contribution in [0.3, 0.4) is 0 Å². The summed E-state index contributed by atoms with van der Waals surface area (Å²) < 4.78 is 33.6. The lowest BCUT2D eigenvalue weighted by Crippen LogP contribution is -2.31. The molecular weight excluding hydrogens is 408 g/mol. The summed E-state index contributed by atoms with van der Waals surface area (Å²) in [6.45, 7) is 2.94. The Labute approximate surface area is 175 Å². The van der Waals surface area contributed by atoms with Crippen LogP contribution in [0, 0.1) is 0 Å². The number of hydrogen-bond acceptors (Lipinski definition) is 5. The van der Waals surface area contributed by atoms with E-state index in [1.165, 1.54) is 27.8 Å². The molecule has 0 aliphatic carbocycles. The molecule has 154 valence electrons. The van der Waals surface area contributed by atoms with Crippen LogP contribution in [-0.4, -0.2) is 34.0 Å². The van der Waals surface area contributed by atoms with Crippen molar-refractivity contribution in [3.8, 4) is 5.75 Å². The van der Waals surface area contributed by atoms with Crippen molar-refractivity contribution < 1.29 is 17.9 Å². The Morgan fingerprint density at radius 3 is 2.59 bits per heavy atom. The second kappa shape index (κ2) is 9.87. The molecule has 0 saturated heterocycles. The molecule has 3 rings (SSSR count). The highest BCUT2D eigenvalue weighted by Gasteiger charge is 2.14. The lowest BCUT2D eigenvalue weighted by atomic mass is 10.1. The maximum Gasteiger partial charge on any atom is 0.240 e. The first-order valence-electron chi connectivity index (χ1n) is 9.44. The first-order valence-corrected chi connectivity index (χ1v) is 11.8. The highest BCUT2D eigenvalue weighted by atomic mass is 32.2. The molecule has 6 nitrogen and oxygen atoms in total. The molecule has 8 heteroatoms. The van der Waals surface area contributed by atoms with Crippen molar-refractivity contribution in [2.75, 3.05) is 19.7 Å². The number of fused-ring (bicyclic) bond motifs is 1. The fraction of sp³-hybridized carbons (Fsp3) is 0.286. The molecule has 0 atom stereocenters. The van der Waals surface area contributed by atoms with Gasteiger partial charge in [-0.1, -0.05) is 18.2 Å². The Balaban J connectivity index is 1.42. The molecule has 1 heterocycles. The fourth-order valence-electron chi connectivity index (χ4n) is 2.92. The van der Waals surface area contributed by atoms with E-state index in [1.807, 2.05) is 19.1 Å². The van der Waals surface area contributed by atoms with Gasteiger partial charge in [-0.25, -0.2) is 13.1 Å². The van der Waals surface area contributed by atoms with Crippen LogP contribution in [0.4, 0.5) is 0 Å². The average molecular weight is 433 g/mol. The van der Waals surface area contributed by atoms with Crippen molar-refractivity contribution >= 4 is 37.4 Å². The van der Waals surface area contributed by atoms with Crippen LogP contribution in [-0.2, 0) is 21.2 Å². The average Bonchev–Trinajstić information content (AvgIpc) is 3.12. The predicted molar refractivity (Wildman–Crippen MR) is 116 cm³/mol. The van der Waals surface area contributed by atoms with E-state index in [2.05, 4.69) is 27.6 Å². The largest absolute Gasteiger partial charge is 0.494 e. The zero-order valence-corrected chi connectivity index (χ0v) is 17.8. The van der Waals surface area contributed by atoms with E-state index in [4.69, 9.17) is 4.74 Å². The number of carbonyl (C=O) groups excluding carboxylic acids is 1. The van der Waals surface area contributed by atoms with Gasteiger partial charge in [0, 0.05) is 24.2 Å². The third-order valence-corrected chi connectivity index (χ3v) is 6.86. The summed E-state index contributed by atoms with van der Waals surface area (Å²) in [5.41, 5.74) is 1.21. The van der Waals surface area contributed by atoms with Gasteiger partial charge in [0.25, 0.3) is 0 Å². The summed E-state index contributed by atoms with van der Waals surface area (Å²) in [6.07, 6.45) is 0.828. The Bertz CT molecular complexity index is 1060. The normalized spacial score (nSPS) is 11.5. The number of sulfonamides is 1. The molecule has 0 aliphatic rings.